The van der Waals surface area contributed by atoms with Crippen molar-refractivity contribution in [2.45, 2.75) is 33.1 Å². The number of alkyl halides is 3. The summed E-state index contributed by atoms with van der Waals surface area (Å²) in [5.41, 5.74) is 2.18. The Morgan fingerprint density at radius 2 is 2.09 bits per heavy atom. The first-order valence-corrected chi connectivity index (χ1v) is 7.50. The zero-order valence-corrected chi connectivity index (χ0v) is 13.6. The number of hydrogen-bond acceptors (Lipinski definition) is 3. The monoisotopic (exact) mass is 332 g/mol. The number of carbonyl (C=O) groups excluding carboxylic acids is 1. The molecule has 1 rings (SSSR count). The second kappa shape index (κ2) is 8.76. The molecule has 0 saturated heterocycles. The molecule has 0 aliphatic heterocycles. The molecule has 1 atom stereocenters. The Morgan fingerprint density at radius 1 is 1.39 bits per heavy atom. The Morgan fingerprint density at radius 3 is 2.65 bits per heavy atom. The van der Waals surface area contributed by atoms with E-state index in [1.54, 1.807) is 0 Å². The summed E-state index contributed by atoms with van der Waals surface area (Å²) < 4.78 is 40.6. The molecule has 0 fully saturated rings. The van der Waals surface area contributed by atoms with E-state index >= 15 is 0 Å². The van der Waals surface area contributed by atoms with Crippen molar-refractivity contribution in [1.82, 2.24) is 5.32 Å². The van der Waals surface area contributed by atoms with Gasteiger partial charge in [-0.05, 0) is 38.5 Å². The predicted octanol–water partition coefficient (Wildman–Crippen LogP) is 2.90. The molecule has 0 radical (unpaired) electrons. The van der Waals surface area contributed by atoms with Crippen molar-refractivity contribution in [2.75, 3.05) is 31.1 Å². The Bertz CT molecular complexity index is 506. The fourth-order valence-corrected chi connectivity index (χ4v) is 2.05. The van der Waals surface area contributed by atoms with Crippen molar-refractivity contribution in [1.29, 1.82) is 0 Å². The summed E-state index contributed by atoms with van der Waals surface area (Å²) in [5.74, 6) is -0.547. The smallest absolute Gasteiger partial charge is 0.370 e. The number of likely N-dealkylation sites (N-methyl/N-ethyl adjacent to an activating group) is 1. The standard InChI is InChI=1S/C16H23F3N2O2/c1-4-21(14-7-5-6-12(2)10-14)9-8-20-15(22)13(3)23-11-16(17,18)19/h5-7,10,13H,4,8-9,11H2,1-3H3,(H,20,22). The Balaban J connectivity index is 2.40. The van der Waals surface area contributed by atoms with Crippen molar-refractivity contribution in [3.63, 3.8) is 0 Å². The SMILES string of the molecule is CCN(CCNC(=O)C(C)OCC(F)(F)F)c1cccc(C)c1. The number of nitrogens with zero attached hydrogens (tertiary/aromatic N) is 1. The maximum absolute atomic E-state index is 12.0. The molecule has 0 heterocycles. The van der Waals surface area contributed by atoms with Gasteiger partial charge in [0.05, 0.1) is 0 Å². The molecule has 23 heavy (non-hydrogen) atoms. The number of aryl methyl sites for hydroxylation is 1. The van der Waals surface area contributed by atoms with Gasteiger partial charge in [0, 0.05) is 25.3 Å². The van der Waals surface area contributed by atoms with Crippen LogP contribution in [0.4, 0.5) is 18.9 Å². The Hall–Kier alpha value is -1.76. The van der Waals surface area contributed by atoms with Gasteiger partial charge in [0.15, 0.2) is 0 Å². The fraction of sp³-hybridized carbons (Fsp3) is 0.562. The zero-order chi connectivity index (χ0) is 17.5. The molecule has 1 aromatic rings. The third-order valence-electron chi connectivity index (χ3n) is 3.30. The largest absolute Gasteiger partial charge is 0.411 e. The van der Waals surface area contributed by atoms with Crippen LogP contribution in [0.1, 0.15) is 19.4 Å². The van der Waals surface area contributed by atoms with E-state index in [1.807, 2.05) is 38.1 Å². The van der Waals surface area contributed by atoms with Gasteiger partial charge in [-0.25, -0.2) is 0 Å². The highest BCUT2D eigenvalue weighted by atomic mass is 19.4. The Kier molecular flexibility index (Phi) is 7.35. The molecule has 1 unspecified atom stereocenters. The van der Waals surface area contributed by atoms with Gasteiger partial charge >= 0.3 is 6.18 Å². The minimum Gasteiger partial charge on any atom is -0.370 e. The topological polar surface area (TPSA) is 41.6 Å². The molecule has 130 valence electrons. The van der Waals surface area contributed by atoms with Gasteiger partial charge in [-0.15, -0.1) is 0 Å². The number of nitrogens with one attached hydrogen (secondary N) is 1. The van der Waals surface area contributed by atoms with Crippen molar-refractivity contribution in [3.05, 3.63) is 29.8 Å². The average Bonchev–Trinajstić information content (AvgIpc) is 2.48. The lowest BCUT2D eigenvalue weighted by Crippen LogP contribution is -2.40. The number of carbonyl (C=O) groups is 1. The summed E-state index contributed by atoms with van der Waals surface area (Å²) in [6.07, 6.45) is -5.57. The summed E-state index contributed by atoms with van der Waals surface area (Å²) in [6.45, 7) is 5.54. The third-order valence-corrected chi connectivity index (χ3v) is 3.30. The number of anilines is 1. The van der Waals surface area contributed by atoms with Crippen LogP contribution in [0.2, 0.25) is 0 Å². The number of rotatable bonds is 8. The van der Waals surface area contributed by atoms with Gasteiger partial charge in [-0.2, -0.15) is 13.2 Å². The molecular formula is C16H23F3N2O2. The first-order chi connectivity index (χ1) is 10.7. The Labute approximate surface area is 134 Å². The van der Waals surface area contributed by atoms with Gasteiger partial charge in [-0.3, -0.25) is 4.79 Å². The van der Waals surface area contributed by atoms with Gasteiger partial charge in [0.2, 0.25) is 5.91 Å². The second-order valence-corrected chi connectivity index (χ2v) is 5.28. The summed E-state index contributed by atoms with van der Waals surface area (Å²) >= 11 is 0. The molecule has 7 heteroatoms. The van der Waals surface area contributed by atoms with Crippen molar-refractivity contribution in [2.24, 2.45) is 0 Å². The molecule has 1 aromatic carbocycles. The van der Waals surface area contributed by atoms with Crippen LogP contribution in [0.3, 0.4) is 0 Å². The van der Waals surface area contributed by atoms with Crippen LogP contribution in [-0.4, -0.2) is 44.4 Å². The third kappa shape index (κ3) is 7.36. The number of ether oxygens (including phenoxy) is 1. The van der Waals surface area contributed by atoms with Crippen LogP contribution in [0, 0.1) is 6.92 Å². The fourth-order valence-electron chi connectivity index (χ4n) is 2.05. The molecule has 4 nitrogen and oxygen atoms in total. The molecule has 1 N–H and O–H groups in total. The lowest BCUT2D eigenvalue weighted by molar-refractivity contribution is -0.185. The molecule has 1 amide bonds. The van der Waals surface area contributed by atoms with Gasteiger partial charge in [0.1, 0.15) is 12.7 Å². The highest BCUT2D eigenvalue weighted by Crippen LogP contribution is 2.16. The molecule has 0 saturated carbocycles. The minimum absolute atomic E-state index is 0.334. The lowest BCUT2D eigenvalue weighted by Gasteiger charge is -2.24. The average molecular weight is 332 g/mol. The molecular weight excluding hydrogens is 309 g/mol. The highest BCUT2D eigenvalue weighted by molar-refractivity contribution is 5.80. The van der Waals surface area contributed by atoms with Crippen LogP contribution in [0.25, 0.3) is 0 Å². The lowest BCUT2D eigenvalue weighted by atomic mass is 10.2. The van der Waals surface area contributed by atoms with Crippen molar-refractivity contribution in [3.8, 4) is 0 Å². The number of benzene rings is 1. The summed E-state index contributed by atoms with van der Waals surface area (Å²) in [6, 6.07) is 7.98. The van der Waals surface area contributed by atoms with E-state index in [1.165, 1.54) is 6.92 Å². The summed E-state index contributed by atoms with van der Waals surface area (Å²) in [5, 5.41) is 2.59. The van der Waals surface area contributed by atoms with E-state index in [-0.39, 0.29) is 0 Å². The van der Waals surface area contributed by atoms with Crippen LogP contribution in [0.15, 0.2) is 24.3 Å². The maximum Gasteiger partial charge on any atom is 0.411 e. The first-order valence-electron chi connectivity index (χ1n) is 7.50. The van der Waals surface area contributed by atoms with Crippen molar-refractivity contribution >= 4 is 11.6 Å². The highest BCUT2D eigenvalue weighted by Gasteiger charge is 2.29. The quantitative estimate of drug-likeness (QED) is 0.796. The van der Waals surface area contributed by atoms with E-state index in [4.69, 9.17) is 0 Å². The normalized spacial score (nSPS) is 12.8. The zero-order valence-electron chi connectivity index (χ0n) is 13.6. The van der Waals surface area contributed by atoms with E-state index in [0.29, 0.717) is 13.1 Å². The second-order valence-electron chi connectivity index (χ2n) is 5.28. The van der Waals surface area contributed by atoms with Crippen LogP contribution >= 0.6 is 0 Å². The summed E-state index contributed by atoms with van der Waals surface area (Å²) in [4.78, 5) is 13.8. The molecule has 0 bridgehead atoms. The molecule has 0 aliphatic carbocycles. The van der Waals surface area contributed by atoms with Crippen LogP contribution < -0.4 is 10.2 Å². The number of halogens is 3. The van der Waals surface area contributed by atoms with Crippen molar-refractivity contribution < 1.29 is 22.7 Å². The van der Waals surface area contributed by atoms with E-state index in [9.17, 15) is 18.0 Å². The van der Waals surface area contributed by atoms with E-state index < -0.39 is 24.8 Å². The van der Waals surface area contributed by atoms with Gasteiger partial charge < -0.3 is 15.0 Å². The van der Waals surface area contributed by atoms with Gasteiger partial charge in [-0.1, -0.05) is 12.1 Å². The minimum atomic E-state index is -4.43. The summed E-state index contributed by atoms with van der Waals surface area (Å²) in [7, 11) is 0. The molecule has 0 spiro atoms. The first kappa shape index (κ1) is 19.3. The van der Waals surface area contributed by atoms with E-state index in [0.717, 1.165) is 17.8 Å². The number of hydrogen-bond donors (Lipinski definition) is 1. The number of amides is 1. The van der Waals surface area contributed by atoms with Gasteiger partial charge in [0.25, 0.3) is 0 Å². The predicted molar refractivity (Wildman–Crippen MR) is 83.5 cm³/mol. The van der Waals surface area contributed by atoms with Crippen LogP contribution in [-0.2, 0) is 9.53 Å². The van der Waals surface area contributed by atoms with Crippen LogP contribution in [0.5, 0.6) is 0 Å². The maximum atomic E-state index is 12.0. The van der Waals surface area contributed by atoms with E-state index in [2.05, 4.69) is 15.0 Å². The molecule has 0 aromatic heterocycles. The molecule has 0 aliphatic rings.